The number of nitrogens with zero attached hydrogens (tertiary/aromatic N) is 2. The van der Waals surface area contributed by atoms with Crippen molar-refractivity contribution in [1.29, 1.82) is 0 Å². The number of pyridine rings is 1. The van der Waals surface area contributed by atoms with Crippen molar-refractivity contribution in [3.63, 3.8) is 0 Å². The molecule has 0 bridgehead atoms. The molecule has 1 aromatic heterocycles. The quantitative estimate of drug-likeness (QED) is 0.361. The SMILES string of the molecule is O=[N+]([O-])c1cc(C(F)(F)F)nc(Br)c1C(F)F. The first-order chi connectivity index (χ1) is 7.64. The number of halogens is 6. The highest BCUT2D eigenvalue weighted by Crippen LogP contribution is 2.38. The lowest BCUT2D eigenvalue weighted by Gasteiger charge is -2.09. The maximum absolute atomic E-state index is 12.4. The molecule has 0 radical (unpaired) electrons. The molecule has 17 heavy (non-hydrogen) atoms. The normalized spacial score (nSPS) is 11.9. The minimum absolute atomic E-state index is 0.0216. The van der Waals surface area contributed by atoms with Gasteiger partial charge in [0.15, 0.2) is 5.69 Å². The largest absolute Gasteiger partial charge is 0.433 e. The van der Waals surface area contributed by atoms with E-state index in [1.807, 2.05) is 0 Å². The Morgan fingerprint density at radius 3 is 2.29 bits per heavy atom. The van der Waals surface area contributed by atoms with Crippen molar-refractivity contribution in [2.75, 3.05) is 0 Å². The fourth-order valence-electron chi connectivity index (χ4n) is 1.01. The second-order valence-corrected chi connectivity index (χ2v) is 3.54. The van der Waals surface area contributed by atoms with Crippen LogP contribution in [0.4, 0.5) is 27.6 Å². The highest BCUT2D eigenvalue weighted by molar-refractivity contribution is 9.10. The van der Waals surface area contributed by atoms with Gasteiger partial charge in [0.2, 0.25) is 0 Å². The van der Waals surface area contributed by atoms with Gasteiger partial charge in [0.1, 0.15) is 10.2 Å². The summed E-state index contributed by atoms with van der Waals surface area (Å²) in [4.78, 5) is 11.9. The van der Waals surface area contributed by atoms with Crippen molar-refractivity contribution >= 4 is 21.6 Å². The Bertz CT molecular complexity index is 462. The zero-order valence-electron chi connectivity index (χ0n) is 7.63. The first kappa shape index (κ1) is 13.7. The van der Waals surface area contributed by atoms with E-state index in [1.165, 1.54) is 0 Å². The van der Waals surface area contributed by atoms with Crippen molar-refractivity contribution in [2.24, 2.45) is 0 Å². The average molecular weight is 321 g/mol. The van der Waals surface area contributed by atoms with Crippen LogP contribution in [-0.2, 0) is 6.18 Å². The van der Waals surface area contributed by atoms with E-state index in [2.05, 4.69) is 20.9 Å². The molecule has 0 amide bonds. The van der Waals surface area contributed by atoms with Crippen LogP contribution >= 0.6 is 15.9 Å². The van der Waals surface area contributed by atoms with E-state index in [9.17, 15) is 32.1 Å². The summed E-state index contributed by atoms with van der Waals surface area (Å²) in [6.45, 7) is 0. The monoisotopic (exact) mass is 320 g/mol. The van der Waals surface area contributed by atoms with Gasteiger partial charge >= 0.3 is 6.18 Å². The fourth-order valence-corrected chi connectivity index (χ4v) is 1.58. The third-order valence-corrected chi connectivity index (χ3v) is 2.30. The van der Waals surface area contributed by atoms with Crippen LogP contribution < -0.4 is 0 Å². The van der Waals surface area contributed by atoms with Crippen LogP contribution in [0.2, 0.25) is 0 Å². The average Bonchev–Trinajstić information content (AvgIpc) is 2.13. The third kappa shape index (κ3) is 2.87. The van der Waals surface area contributed by atoms with Gasteiger partial charge in [-0.15, -0.1) is 0 Å². The van der Waals surface area contributed by atoms with E-state index in [-0.39, 0.29) is 6.07 Å². The van der Waals surface area contributed by atoms with Crippen molar-refractivity contribution in [3.05, 3.63) is 32.0 Å². The molecule has 0 aromatic carbocycles. The minimum Gasteiger partial charge on any atom is -0.258 e. The molecule has 0 aliphatic heterocycles. The van der Waals surface area contributed by atoms with Gasteiger partial charge in [-0.1, -0.05) is 0 Å². The first-order valence-electron chi connectivity index (χ1n) is 3.84. The topological polar surface area (TPSA) is 56.0 Å². The highest BCUT2D eigenvalue weighted by Gasteiger charge is 2.37. The number of rotatable bonds is 2. The van der Waals surface area contributed by atoms with Crippen LogP contribution in [0.1, 0.15) is 17.7 Å². The van der Waals surface area contributed by atoms with Gasteiger partial charge in [0.25, 0.3) is 12.1 Å². The Morgan fingerprint density at radius 2 is 1.94 bits per heavy atom. The molecule has 0 unspecified atom stereocenters. The standard InChI is InChI=1S/C7H2BrF5N2O2/c8-5-4(6(9)10)2(15(16)17)1-3(14-5)7(11,12)13/h1,6H. The molecule has 0 N–H and O–H groups in total. The van der Waals surface area contributed by atoms with Gasteiger partial charge in [-0.2, -0.15) is 13.2 Å². The van der Waals surface area contributed by atoms with Crippen LogP contribution in [0.15, 0.2) is 10.7 Å². The maximum Gasteiger partial charge on any atom is 0.433 e. The Labute approximate surface area is 98.7 Å². The molecule has 0 fully saturated rings. The van der Waals surface area contributed by atoms with Crippen molar-refractivity contribution < 1.29 is 26.9 Å². The van der Waals surface area contributed by atoms with Gasteiger partial charge in [0.05, 0.1) is 4.92 Å². The van der Waals surface area contributed by atoms with E-state index in [1.54, 1.807) is 0 Å². The molecule has 0 aliphatic rings. The lowest BCUT2D eigenvalue weighted by atomic mass is 10.2. The van der Waals surface area contributed by atoms with Gasteiger partial charge in [0, 0.05) is 6.07 Å². The molecular formula is C7H2BrF5N2O2. The van der Waals surface area contributed by atoms with E-state index < -0.39 is 39.1 Å². The first-order valence-corrected chi connectivity index (χ1v) is 4.64. The maximum atomic E-state index is 12.4. The van der Waals surface area contributed by atoms with Gasteiger partial charge in [-0.05, 0) is 15.9 Å². The predicted molar refractivity (Wildman–Crippen MR) is 48.6 cm³/mol. The van der Waals surface area contributed by atoms with E-state index >= 15 is 0 Å². The molecule has 0 spiro atoms. The minimum atomic E-state index is -4.95. The summed E-state index contributed by atoms with van der Waals surface area (Å²) >= 11 is 2.36. The summed E-state index contributed by atoms with van der Waals surface area (Å²) in [7, 11) is 0. The van der Waals surface area contributed by atoms with Crippen LogP contribution in [-0.4, -0.2) is 9.91 Å². The second-order valence-electron chi connectivity index (χ2n) is 2.79. The van der Waals surface area contributed by atoms with Gasteiger partial charge in [-0.25, -0.2) is 13.8 Å². The molecule has 0 atom stereocenters. The van der Waals surface area contributed by atoms with Gasteiger partial charge < -0.3 is 0 Å². The Kier molecular flexibility index (Phi) is 3.65. The second kappa shape index (κ2) is 4.51. The smallest absolute Gasteiger partial charge is 0.258 e. The van der Waals surface area contributed by atoms with E-state index in [4.69, 9.17) is 0 Å². The molecule has 0 saturated heterocycles. The Balaban J connectivity index is 3.53. The van der Waals surface area contributed by atoms with E-state index in [0.29, 0.717) is 0 Å². The summed E-state index contributed by atoms with van der Waals surface area (Å²) in [5, 5.41) is 10.4. The molecular weight excluding hydrogens is 319 g/mol. The van der Waals surface area contributed by atoms with Gasteiger partial charge in [-0.3, -0.25) is 10.1 Å². The van der Waals surface area contributed by atoms with Crippen LogP contribution in [0.3, 0.4) is 0 Å². The number of aromatic nitrogens is 1. The molecule has 0 saturated carbocycles. The Morgan fingerprint density at radius 1 is 1.41 bits per heavy atom. The summed E-state index contributed by atoms with van der Waals surface area (Å²) in [6, 6.07) is -0.0216. The molecule has 4 nitrogen and oxygen atoms in total. The van der Waals surface area contributed by atoms with E-state index in [0.717, 1.165) is 0 Å². The molecule has 1 heterocycles. The van der Waals surface area contributed by atoms with Crippen LogP contribution in [0.5, 0.6) is 0 Å². The molecule has 10 heteroatoms. The van der Waals surface area contributed by atoms with Crippen molar-refractivity contribution in [2.45, 2.75) is 12.6 Å². The number of alkyl halides is 5. The highest BCUT2D eigenvalue weighted by atomic mass is 79.9. The molecule has 1 rings (SSSR count). The lowest BCUT2D eigenvalue weighted by molar-refractivity contribution is -0.386. The van der Waals surface area contributed by atoms with Crippen molar-refractivity contribution in [3.8, 4) is 0 Å². The number of hydrogen-bond acceptors (Lipinski definition) is 3. The van der Waals surface area contributed by atoms with Crippen LogP contribution in [0.25, 0.3) is 0 Å². The fraction of sp³-hybridized carbons (Fsp3) is 0.286. The molecule has 1 aromatic rings. The molecule has 0 aliphatic carbocycles. The summed E-state index contributed by atoms with van der Waals surface area (Å²) in [5.74, 6) is 0. The third-order valence-electron chi connectivity index (χ3n) is 1.70. The molecule has 94 valence electrons. The zero-order valence-corrected chi connectivity index (χ0v) is 9.22. The summed E-state index contributed by atoms with van der Waals surface area (Å²) in [6.07, 6.45) is -8.26. The van der Waals surface area contributed by atoms with Crippen LogP contribution in [0, 0.1) is 10.1 Å². The number of nitro groups is 1. The lowest BCUT2D eigenvalue weighted by Crippen LogP contribution is -2.11. The number of hydrogen-bond donors (Lipinski definition) is 0. The predicted octanol–water partition coefficient (Wildman–Crippen LogP) is 3.71. The Hall–Kier alpha value is -1.32. The summed E-state index contributed by atoms with van der Waals surface area (Å²) < 4.78 is 60.7. The zero-order chi connectivity index (χ0) is 13.4. The van der Waals surface area contributed by atoms with Crippen molar-refractivity contribution in [1.82, 2.24) is 4.98 Å². The summed E-state index contributed by atoms with van der Waals surface area (Å²) in [5.41, 5.74) is -4.11.